The van der Waals surface area contributed by atoms with Crippen molar-refractivity contribution in [1.29, 1.82) is 0 Å². The van der Waals surface area contributed by atoms with Crippen molar-refractivity contribution in [2.24, 2.45) is 0 Å². The molecule has 21 heavy (non-hydrogen) atoms. The number of thiazole rings is 1. The van der Waals surface area contributed by atoms with E-state index in [4.69, 9.17) is 4.98 Å². The number of anilines is 1. The molecule has 1 heterocycles. The second-order valence-electron chi connectivity index (χ2n) is 6.43. The number of hydrogen-bond acceptors (Lipinski definition) is 4. The molecule has 3 rings (SSSR count). The highest BCUT2D eigenvalue weighted by Gasteiger charge is 2.28. The van der Waals surface area contributed by atoms with Gasteiger partial charge in [-0.1, -0.05) is 31.1 Å². The topological polar surface area (TPSA) is 28.2 Å². The summed E-state index contributed by atoms with van der Waals surface area (Å²) in [4.78, 5) is 9.13. The third-order valence-electron chi connectivity index (χ3n) is 4.93. The predicted octanol–water partition coefficient (Wildman–Crippen LogP) is 4.29. The van der Waals surface area contributed by atoms with Crippen molar-refractivity contribution in [1.82, 2.24) is 10.3 Å². The molecule has 0 aliphatic heterocycles. The summed E-state index contributed by atoms with van der Waals surface area (Å²) in [6.45, 7) is 6.75. The molecule has 118 valence electrons. The summed E-state index contributed by atoms with van der Waals surface area (Å²) >= 11 is 1.97. The van der Waals surface area contributed by atoms with E-state index in [-0.39, 0.29) is 0 Å². The first-order valence-corrected chi connectivity index (χ1v) is 9.64. The maximum Gasteiger partial charge on any atom is 0.186 e. The van der Waals surface area contributed by atoms with Crippen molar-refractivity contribution in [3.05, 3.63) is 10.6 Å². The number of aromatic nitrogens is 1. The largest absolute Gasteiger partial charge is 0.345 e. The quantitative estimate of drug-likeness (QED) is 0.850. The molecular formula is C17H29N3S. The molecule has 0 spiro atoms. The average molecular weight is 308 g/mol. The molecule has 1 unspecified atom stereocenters. The number of nitrogens with one attached hydrogen (secondary N) is 1. The van der Waals surface area contributed by atoms with Crippen LogP contribution in [-0.4, -0.2) is 24.1 Å². The van der Waals surface area contributed by atoms with Gasteiger partial charge < -0.3 is 10.2 Å². The van der Waals surface area contributed by atoms with Crippen LogP contribution in [0, 0.1) is 0 Å². The van der Waals surface area contributed by atoms with Gasteiger partial charge in [0.15, 0.2) is 5.13 Å². The molecule has 0 bridgehead atoms. The first-order chi connectivity index (χ1) is 10.3. The Balaban J connectivity index is 1.79. The summed E-state index contributed by atoms with van der Waals surface area (Å²) in [6, 6.07) is 1.30. The van der Waals surface area contributed by atoms with Crippen LogP contribution in [-0.2, 0) is 6.42 Å². The Morgan fingerprint density at radius 3 is 2.71 bits per heavy atom. The summed E-state index contributed by atoms with van der Waals surface area (Å²) in [7, 11) is 0. The lowest BCUT2D eigenvalue weighted by Crippen LogP contribution is -2.32. The Morgan fingerprint density at radius 2 is 2.00 bits per heavy atom. The summed E-state index contributed by atoms with van der Waals surface area (Å²) in [6.07, 6.45) is 10.5. The molecule has 1 saturated carbocycles. The monoisotopic (exact) mass is 307 g/mol. The van der Waals surface area contributed by atoms with E-state index in [9.17, 15) is 0 Å². The molecule has 2 aliphatic rings. The van der Waals surface area contributed by atoms with Crippen molar-refractivity contribution >= 4 is 16.5 Å². The van der Waals surface area contributed by atoms with Gasteiger partial charge in [-0.05, 0) is 52.0 Å². The van der Waals surface area contributed by atoms with E-state index in [0.29, 0.717) is 6.04 Å². The van der Waals surface area contributed by atoms with E-state index in [1.165, 1.54) is 67.1 Å². The maximum atomic E-state index is 5.03. The molecule has 0 radical (unpaired) electrons. The Morgan fingerprint density at radius 1 is 1.19 bits per heavy atom. The zero-order chi connectivity index (χ0) is 14.7. The molecule has 3 nitrogen and oxygen atoms in total. The minimum Gasteiger partial charge on any atom is -0.345 e. The molecule has 1 fully saturated rings. The fraction of sp³-hybridized carbons (Fsp3) is 0.824. The smallest absolute Gasteiger partial charge is 0.186 e. The molecule has 4 heteroatoms. The Kier molecular flexibility index (Phi) is 5.17. The predicted molar refractivity (Wildman–Crippen MR) is 91.4 cm³/mol. The normalized spacial score (nSPS) is 22.5. The van der Waals surface area contributed by atoms with Crippen LogP contribution >= 0.6 is 11.3 Å². The average Bonchev–Trinajstić information content (AvgIpc) is 3.15. The Labute approximate surface area is 133 Å². The van der Waals surface area contributed by atoms with Gasteiger partial charge in [-0.25, -0.2) is 4.98 Å². The summed E-state index contributed by atoms with van der Waals surface area (Å²) < 4.78 is 0. The maximum absolute atomic E-state index is 5.03. The molecule has 1 aromatic rings. The van der Waals surface area contributed by atoms with Gasteiger partial charge in [0.05, 0.1) is 5.69 Å². The second kappa shape index (κ2) is 7.10. The van der Waals surface area contributed by atoms with Gasteiger partial charge in [0, 0.05) is 23.5 Å². The van der Waals surface area contributed by atoms with Gasteiger partial charge in [0.1, 0.15) is 0 Å². The lowest BCUT2D eigenvalue weighted by molar-refractivity contribution is 0.464. The highest BCUT2D eigenvalue weighted by Crippen LogP contribution is 2.39. The van der Waals surface area contributed by atoms with E-state index in [0.717, 1.165) is 19.1 Å². The standard InChI is InChI=1S/C17H29N3S/c1-3-12-18-14-10-7-11-15-16(14)21-17(19-15)20(4-2)13-8-5-6-9-13/h13-14,18H,3-12H2,1-2H3. The molecule has 1 N–H and O–H groups in total. The SMILES string of the molecule is CCCNC1CCCc2nc(N(CC)C3CCCC3)sc21. The number of nitrogens with zero attached hydrogens (tertiary/aromatic N) is 2. The fourth-order valence-electron chi connectivity index (χ4n) is 3.81. The summed E-state index contributed by atoms with van der Waals surface area (Å²) in [5.74, 6) is 0. The molecule has 0 saturated heterocycles. The van der Waals surface area contributed by atoms with Gasteiger partial charge in [-0.15, -0.1) is 0 Å². The fourth-order valence-corrected chi connectivity index (χ4v) is 5.17. The van der Waals surface area contributed by atoms with Gasteiger partial charge in [0.25, 0.3) is 0 Å². The number of hydrogen-bond donors (Lipinski definition) is 1. The minimum absolute atomic E-state index is 0.558. The molecule has 0 aromatic carbocycles. The molecular weight excluding hydrogens is 278 g/mol. The lowest BCUT2D eigenvalue weighted by Gasteiger charge is -2.27. The third kappa shape index (κ3) is 3.26. The number of fused-ring (bicyclic) bond motifs is 1. The zero-order valence-electron chi connectivity index (χ0n) is 13.5. The van der Waals surface area contributed by atoms with E-state index in [2.05, 4.69) is 24.1 Å². The van der Waals surface area contributed by atoms with Crippen molar-refractivity contribution in [3.63, 3.8) is 0 Å². The van der Waals surface area contributed by atoms with Gasteiger partial charge in [-0.3, -0.25) is 0 Å². The van der Waals surface area contributed by atoms with Crippen molar-refractivity contribution in [2.45, 2.75) is 77.3 Å². The highest BCUT2D eigenvalue weighted by molar-refractivity contribution is 7.15. The molecule has 2 aliphatic carbocycles. The van der Waals surface area contributed by atoms with E-state index < -0.39 is 0 Å². The van der Waals surface area contributed by atoms with Crippen LogP contribution in [0.2, 0.25) is 0 Å². The number of rotatable bonds is 6. The van der Waals surface area contributed by atoms with Crippen LogP contribution in [0.5, 0.6) is 0 Å². The summed E-state index contributed by atoms with van der Waals surface area (Å²) in [5, 5.41) is 5.01. The van der Waals surface area contributed by atoms with Crippen LogP contribution in [0.1, 0.15) is 75.4 Å². The van der Waals surface area contributed by atoms with Crippen LogP contribution in [0.25, 0.3) is 0 Å². The van der Waals surface area contributed by atoms with Crippen LogP contribution < -0.4 is 10.2 Å². The molecule has 1 aromatic heterocycles. The Hall–Kier alpha value is -0.610. The van der Waals surface area contributed by atoms with Crippen molar-refractivity contribution < 1.29 is 0 Å². The van der Waals surface area contributed by atoms with Crippen LogP contribution in [0.3, 0.4) is 0 Å². The van der Waals surface area contributed by atoms with Gasteiger partial charge in [0.2, 0.25) is 0 Å². The van der Waals surface area contributed by atoms with E-state index >= 15 is 0 Å². The van der Waals surface area contributed by atoms with Crippen LogP contribution in [0.4, 0.5) is 5.13 Å². The van der Waals surface area contributed by atoms with Crippen LogP contribution in [0.15, 0.2) is 0 Å². The minimum atomic E-state index is 0.558. The van der Waals surface area contributed by atoms with E-state index in [1.54, 1.807) is 0 Å². The third-order valence-corrected chi connectivity index (χ3v) is 6.18. The zero-order valence-corrected chi connectivity index (χ0v) is 14.3. The summed E-state index contributed by atoms with van der Waals surface area (Å²) in [5.41, 5.74) is 1.38. The molecule has 0 amide bonds. The van der Waals surface area contributed by atoms with Gasteiger partial charge >= 0.3 is 0 Å². The second-order valence-corrected chi connectivity index (χ2v) is 7.44. The first-order valence-electron chi connectivity index (χ1n) is 8.83. The number of aryl methyl sites for hydroxylation is 1. The van der Waals surface area contributed by atoms with Gasteiger partial charge in [-0.2, -0.15) is 0 Å². The van der Waals surface area contributed by atoms with Crippen molar-refractivity contribution in [3.8, 4) is 0 Å². The Bertz CT molecular complexity index is 451. The highest BCUT2D eigenvalue weighted by atomic mass is 32.1. The lowest BCUT2D eigenvalue weighted by atomic mass is 9.98. The van der Waals surface area contributed by atoms with E-state index in [1.807, 2.05) is 11.3 Å². The molecule has 1 atom stereocenters. The van der Waals surface area contributed by atoms with Crippen molar-refractivity contribution in [2.75, 3.05) is 18.0 Å². The first kappa shape index (κ1) is 15.3.